The van der Waals surface area contributed by atoms with Gasteiger partial charge in [0.15, 0.2) is 18.1 Å². The van der Waals surface area contributed by atoms with E-state index >= 15 is 0 Å². The van der Waals surface area contributed by atoms with Crippen LogP contribution in [-0.2, 0) is 13.2 Å². The van der Waals surface area contributed by atoms with Crippen molar-refractivity contribution in [3.63, 3.8) is 0 Å². The Morgan fingerprint density at radius 2 is 2.24 bits per heavy atom. The summed E-state index contributed by atoms with van der Waals surface area (Å²) >= 11 is 0. The van der Waals surface area contributed by atoms with Crippen LogP contribution in [0.4, 0.5) is 0 Å². The first-order valence-corrected chi connectivity index (χ1v) is 5.08. The Kier molecular flexibility index (Phi) is 3.56. The Balaban J connectivity index is 2.09. The van der Waals surface area contributed by atoms with Crippen molar-refractivity contribution in [3.8, 4) is 11.5 Å². The maximum atomic E-state index is 5.55. The van der Waals surface area contributed by atoms with E-state index in [-0.39, 0.29) is 6.61 Å². The quantitative estimate of drug-likeness (QED) is 0.835. The highest BCUT2D eigenvalue weighted by atomic mass is 16.5. The first-order chi connectivity index (χ1) is 8.33. The van der Waals surface area contributed by atoms with Gasteiger partial charge in [0, 0.05) is 6.54 Å². The van der Waals surface area contributed by atoms with Crippen LogP contribution in [0.3, 0.4) is 0 Å². The average molecular weight is 235 g/mol. The third kappa shape index (κ3) is 2.73. The van der Waals surface area contributed by atoms with E-state index in [1.807, 2.05) is 12.1 Å². The zero-order valence-electron chi connectivity index (χ0n) is 9.42. The molecular formula is C11H13N3O3. The van der Waals surface area contributed by atoms with Crippen LogP contribution >= 0.6 is 0 Å². The molecule has 2 aromatic rings. The molecule has 0 fully saturated rings. The Morgan fingerprint density at radius 3 is 2.88 bits per heavy atom. The first-order valence-electron chi connectivity index (χ1n) is 5.08. The fourth-order valence-corrected chi connectivity index (χ4v) is 1.36. The fraction of sp³-hybridized carbons (Fsp3) is 0.273. The van der Waals surface area contributed by atoms with Crippen molar-refractivity contribution >= 4 is 0 Å². The number of hydrogen-bond donors (Lipinski definition) is 1. The molecule has 0 bridgehead atoms. The molecule has 0 aliphatic heterocycles. The van der Waals surface area contributed by atoms with E-state index in [0.717, 1.165) is 5.56 Å². The van der Waals surface area contributed by atoms with Crippen LogP contribution in [0, 0.1) is 0 Å². The average Bonchev–Trinajstić information content (AvgIpc) is 2.89. The molecular weight excluding hydrogens is 222 g/mol. The molecule has 6 heteroatoms. The summed E-state index contributed by atoms with van der Waals surface area (Å²) in [4.78, 5) is 3.86. The van der Waals surface area contributed by atoms with Gasteiger partial charge in [0.1, 0.15) is 0 Å². The molecule has 0 unspecified atom stereocenters. The van der Waals surface area contributed by atoms with Crippen molar-refractivity contribution < 1.29 is 14.0 Å². The van der Waals surface area contributed by atoms with Crippen LogP contribution in [-0.4, -0.2) is 17.3 Å². The third-order valence-electron chi connectivity index (χ3n) is 2.23. The number of aromatic nitrogens is 2. The molecule has 17 heavy (non-hydrogen) atoms. The lowest BCUT2D eigenvalue weighted by Crippen LogP contribution is -2.01. The van der Waals surface area contributed by atoms with E-state index < -0.39 is 0 Å². The van der Waals surface area contributed by atoms with Crippen molar-refractivity contribution in [2.24, 2.45) is 5.73 Å². The second-order valence-electron chi connectivity index (χ2n) is 3.33. The van der Waals surface area contributed by atoms with Crippen LogP contribution in [0.15, 0.2) is 29.1 Å². The summed E-state index contributed by atoms with van der Waals surface area (Å²) in [6, 6.07) is 5.53. The minimum absolute atomic E-state index is 0.231. The van der Waals surface area contributed by atoms with E-state index in [1.165, 1.54) is 6.39 Å². The number of nitrogens with two attached hydrogens (primary N) is 1. The summed E-state index contributed by atoms with van der Waals surface area (Å²) < 4.78 is 15.3. The molecule has 0 aliphatic rings. The molecule has 0 saturated carbocycles. The molecule has 1 heterocycles. The monoisotopic (exact) mass is 235 g/mol. The SMILES string of the molecule is COc1cc(CN)ccc1OCc1ncon1. The van der Waals surface area contributed by atoms with Gasteiger partial charge in [0.2, 0.25) is 12.2 Å². The van der Waals surface area contributed by atoms with Crippen LogP contribution < -0.4 is 15.2 Å². The summed E-state index contributed by atoms with van der Waals surface area (Å²) in [5, 5.41) is 3.65. The van der Waals surface area contributed by atoms with Gasteiger partial charge in [0.05, 0.1) is 7.11 Å². The van der Waals surface area contributed by atoms with Gasteiger partial charge in [-0.15, -0.1) is 0 Å². The standard InChI is InChI=1S/C11H13N3O3/c1-15-10-4-8(5-12)2-3-9(10)16-6-11-13-7-17-14-11/h2-4,7H,5-6,12H2,1H3. The Bertz CT molecular complexity index is 471. The third-order valence-corrected chi connectivity index (χ3v) is 2.23. The Hall–Kier alpha value is -2.08. The predicted molar refractivity (Wildman–Crippen MR) is 59.5 cm³/mol. The highest BCUT2D eigenvalue weighted by molar-refractivity contribution is 5.42. The number of ether oxygens (including phenoxy) is 2. The van der Waals surface area contributed by atoms with E-state index in [1.54, 1.807) is 13.2 Å². The Labute approximate surface area is 98.3 Å². The molecule has 0 spiro atoms. The van der Waals surface area contributed by atoms with Gasteiger partial charge < -0.3 is 19.7 Å². The van der Waals surface area contributed by atoms with E-state index in [4.69, 9.17) is 15.2 Å². The van der Waals surface area contributed by atoms with Crippen LogP contribution in [0.2, 0.25) is 0 Å². The summed E-state index contributed by atoms with van der Waals surface area (Å²) in [5.41, 5.74) is 6.53. The van der Waals surface area contributed by atoms with E-state index in [9.17, 15) is 0 Å². The highest BCUT2D eigenvalue weighted by Gasteiger charge is 2.07. The molecule has 0 aliphatic carbocycles. The number of rotatable bonds is 5. The predicted octanol–water partition coefficient (Wildman–Crippen LogP) is 1.12. The van der Waals surface area contributed by atoms with Gasteiger partial charge in [-0.3, -0.25) is 0 Å². The molecule has 2 N–H and O–H groups in total. The van der Waals surface area contributed by atoms with Crippen molar-refractivity contribution in [1.82, 2.24) is 10.1 Å². The molecule has 0 atom stereocenters. The zero-order valence-corrected chi connectivity index (χ0v) is 9.42. The number of nitrogens with zero attached hydrogens (tertiary/aromatic N) is 2. The van der Waals surface area contributed by atoms with Crippen LogP contribution in [0.1, 0.15) is 11.4 Å². The zero-order chi connectivity index (χ0) is 12.1. The van der Waals surface area contributed by atoms with Gasteiger partial charge in [0.25, 0.3) is 0 Å². The van der Waals surface area contributed by atoms with Crippen LogP contribution in [0.25, 0.3) is 0 Å². The van der Waals surface area contributed by atoms with Gasteiger partial charge >= 0.3 is 0 Å². The topological polar surface area (TPSA) is 83.4 Å². The Morgan fingerprint density at radius 1 is 1.35 bits per heavy atom. The first kappa shape index (κ1) is 11.4. The van der Waals surface area contributed by atoms with Crippen LogP contribution in [0.5, 0.6) is 11.5 Å². The highest BCUT2D eigenvalue weighted by Crippen LogP contribution is 2.28. The number of hydrogen-bond acceptors (Lipinski definition) is 6. The van der Waals surface area contributed by atoms with Gasteiger partial charge in [-0.05, 0) is 17.7 Å². The van der Waals surface area contributed by atoms with Crippen molar-refractivity contribution in [2.45, 2.75) is 13.2 Å². The second kappa shape index (κ2) is 5.31. The fourth-order valence-electron chi connectivity index (χ4n) is 1.36. The smallest absolute Gasteiger partial charge is 0.213 e. The molecule has 1 aromatic heterocycles. The second-order valence-corrected chi connectivity index (χ2v) is 3.33. The molecule has 6 nitrogen and oxygen atoms in total. The van der Waals surface area contributed by atoms with Crippen molar-refractivity contribution in [3.05, 3.63) is 36.0 Å². The number of benzene rings is 1. The summed E-state index contributed by atoms with van der Waals surface area (Å²) in [6.45, 7) is 0.691. The van der Waals surface area contributed by atoms with Gasteiger partial charge in [-0.1, -0.05) is 11.2 Å². The van der Waals surface area contributed by atoms with E-state index in [0.29, 0.717) is 23.9 Å². The maximum Gasteiger partial charge on any atom is 0.213 e. The molecule has 0 amide bonds. The molecule has 1 aromatic carbocycles. The lowest BCUT2D eigenvalue weighted by molar-refractivity contribution is 0.269. The van der Waals surface area contributed by atoms with Crippen molar-refractivity contribution in [2.75, 3.05) is 7.11 Å². The maximum absolute atomic E-state index is 5.55. The summed E-state index contributed by atoms with van der Waals surface area (Å²) in [5.74, 6) is 1.74. The van der Waals surface area contributed by atoms with E-state index in [2.05, 4.69) is 14.7 Å². The van der Waals surface area contributed by atoms with Gasteiger partial charge in [-0.25, -0.2) is 0 Å². The molecule has 0 radical (unpaired) electrons. The molecule has 90 valence electrons. The molecule has 2 rings (SSSR count). The lowest BCUT2D eigenvalue weighted by Gasteiger charge is -2.10. The largest absolute Gasteiger partial charge is 0.493 e. The van der Waals surface area contributed by atoms with Crippen molar-refractivity contribution in [1.29, 1.82) is 0 Å². The number of methoxy groups -OCH3 is 1. The minimum Gasteiger partial charge on any atom is -0.493 e. The minimum atomic E-state index is 0.231. The lowest BCUT2D eigenvalue weighted by atomic mass is 10.2. The normalized spacial score (nSPS) is 10.2. The molecule has 0 saturated heterocycles. The summed E-state index contributed by atoms with van der Waals surface area (Å²) in [6.07, 6.45) is 1.26. The van der Waals surface area contributed by atoms with Gasteiger partial charge in [-0.2, -0.15) is 4.98 Å². The summed E-state index contributed by atoms with van der Waals surface area (Å²) in [7, 11) is 1.58.